The van der Waals surface area contributed by atoms with E-state index in [9.17, 15) is 15.2 Å². The standard InChI is InChI=1S/C18H14N2O3.HI/c1-19-15(10-8-14-4-2-3-5-16(14)19)9-6-13-7-11-18(21)17(12-13)20(22)23;/h2-12H,1H3;1H. The number of nitro groups is 1. The van der Waals surface area contributed by atoms with Crippen LogP contribution in [0.1, 0.15) is 11.3 Å². The Bertz CT molecular complexity index is 939. The van der Waals surface area contributed by atoms with Crippen LogP contribution in [0.2, 0.25) is 0 Å². The molecule has 6 heteroatoms. The first-order chi connectivity index (χ1) is 11.1. The van der Waals surface area contributed by atoms with Crippen LogP contribution in [-0.4, -0.2) is 10.0 Å². The second-order valence-corrected chi connectivity index (χ2v) is 5.21. The molecule has 0 atom stereocenters. The lowest BCUT2D eigenvalue weighted by Gasteiger charge is -2.00. The van der Waals surface area contributed by atoms with Crippen molar-refractivity contribution >= 4 is 28.7 Å². The van der Waals surface area contributed by atoms with E-state index in [4.69, 9.17) is 0 Å². The number of pyridine rings is 1. The molecule has 0 amide bonds. The van der Waals surface area contributed by atoms with Gasteiger partial charge in [-0.2, -0.15) is 4.57 Å². The van der Waals surface area contributed by atoms with E-state index in [2.05, 4.69) is 4.57 Å². The molecule has 3 rings (SSSR count). The summed E-state index contributed by atoms with van der Waals surface area (Å²) in [5.74, 6) is -0.330. The number of benzene rings is 2. The van der Waals surface area contributed by atoms with Gasteiger partial charge in [0.25, 0.3) is 0 Å². The molecule has 24 heavy (non-hydrogen) atoms. The highest BCUT2D eigenvalue weighted by Crippen LogP contribution is 2.27. The summed E-state index contributed by atoms with van der Waals surface area (Å²) in [7, 11) is 1.97. The zero-order valence-electron chi connectivity index (χ0n) is 12.9. The van der Waals surface area contributed by atoms with E-state index in [1.807, 2.05) is 49.5 Å². The van der Waals surface area contributed by atoms with Crippen LogP contribution in [0.5, 0.6) is 5.75 Å². The quantitative estimate of drug-likeness (QED) is 0.282. The predicted molar refractivity (Wildman–Crippen MR) is 88.8 cm³/mol. The van der Waals surface area contributed by atoms with Gasteiger partial charge in [-0.05, 0) is 29.8 Å². The fourth-order valence-corrected chi connectivity index (χ4v) is 2.50. The zero-order chi connectivity index (χ0) is 16.4. The molecule has 1 heterocycles. The lowest BCUT2D eigenvalue weighted by molar-refractivity contribution is -0.646. The van der Waals surface area contributed by atoms with Crippen molar-refractivity contribution in [1.29, 1.82) is 0 Å². The third kappa shape index (κ3) is 3.53. The second kappa shape index (κ2) is 7.39. The molecule has 1 N–H and O–H groups in total. The molecule has 2 aromatic carbocycles. The Morgan fingerprint density at radius 3 is 2.58 bits per heavy atom. The van der Waals surface area contributed by atoms with Crippen LogP contribution < -0.4 is 28.5 Å². The maximum Gasteiger partial charge on any atom is 0.311 e. The van der Waals surface area contributed by atoms with Crippen molar-refractivity contribution in [3.63, 3.8) is 0 Å². The highest BCUT2D eigenvalue weighted by Gasteiger charge is 2.13. The average Bonchev–Trinajstić information content (AvgIpc) is 2.55. The molecule has 0 saturated heterocycles. The average molecular weight is 434 g/mol. The van der Waals surface area contributed by atoms with Crippen LogP contribution in [0.3, 0.4) is 0 Å². The van der Waals surface area contributed by atoms with E-state index in [0.717, 1.165) is 16.6 Å². The Morgan fingerprint density at radius 1 is 1.08 bits per heavy atom. The smallest absolute Gasteiger partial charge is 0.311 e. The molecule has 0 fully saturated rings. The summed E-state index contributed by atoms with van der Waals surface area (Å²) in [5.41, 5.74) is 2.43. The molecular formula is C18H15IN2O3. The SMILES string of the molecule is C[n+]1c(/C=C/c2ccc(O)c([N+](=O)[O-])c2)ccc2ccccc21.[I-]. The van der Waals surface area contributed by atoms with Gasteiger partial charge in [0.2, 0.25) is 11.2 Å². The normalized spacial score (nSPS) is 10.7. The maximum absolute atomic E-state index is 10.9. The molecular weight excluding hydrogens is 419 g/mol. The monoisotopic (exact) mass is 434 g/mol. The number of phenols is 1. The fourth-order valence-electron chi connectivity index (χ4n) is 2.50. The molecule has 0 unspecified atom stereocenters. The molecule has 1 aromatic heterocycles. The van der Waals surface area contributed by atoms with E-state index in [1.54, 1.807) is 12.1 Å². The number of nitro benzene ring substituents is 1. The first-order valence-corrected chi connectivity index (χ1v) is 7.09. The van der Waals surface area contributed by atoms with E-state index in [-0.39, 0.29) is 35.4 Å². The molecule has 0 spiro atoms. The van der Waals surface area contributed by atoms with Crippen LogP contribution >= 0.6 is 0 Å². The van der Waals surface area contributed by atoms with Gasteiger partial charge in [0.15, 0.2) is 5.75 Å². The highest BCUT2D eigenvalue weighted by molar-refractivity contribution is 5.77. The van der Waals surface area contributed by atoms with Crippen LogP contribution in [-0.2, 0) is 7.05 Å². The Morgan fingerprint density at radius 2 is 1.83 bits per heavy atom. The minimum atomic E-state index is -0.595. The molecule has 0 aliphatic carbocycles. The van der Waals surface area contributed by atoms with E-state index in [1.165, 1.54) is 12.1 Å². The van der Waals surface area contributed by atoms with E-state index in [0.29, 0.717) is 5.56 Å². The fraction of sp³-hybridized carbons (Fsp3) is 0.0556. The van der Waals surface area contributed by atoms with E-state index < -0.39 is 4.92 Å². The number of aromatic hydroxyl groups is 1. The number of hydrogen-bond donors (Lipinski definition) is 1. The van der Waals surface area contributed by atoms with Gasteiger partial charge in [0.05, 0.1) is 4.92 Å². The van der Waals surface area contributed by atoms with Gasteiger partial charge in [-0.3, -0.25) is 10.1 Å². The summed E-state index contributed by atoms with van der Waals surface area (Å²) in [6, 6.07) is 16.4. The van der Waals surface area contributed by atoms with Gasteiger partial charge in [0, 0.05) is 29.7 Å². The highest BCUT2D eigenvalue weighted by atomic mass is 127. The van der Waals surface area contributed by atoms with Crippen LogP contribution in [0.25, 0.3) is 23.1 Å². The maximum atomic E-state index is 10.9. The molecule has 0 radical (unpaired) electrons. The number of aromatic nitrogens is 1. The third-order valence-corrected chi connectivity index (χ3v) is 3.76. The summed E-state index contributed by atoms with van der Waals surface area (Å²) >= 11 is 0. The molecule has 5 nitrogen and oxygen atoms in total. The molecule has 0 bridgehead atoms. The van der Waals surface area contributed by atoms with Gasteiger partial charge < -0.3 is 29.1 Å². The summed E-state index contributed by atoms with van der Waals surface area (Å²) in [4.78, 5) is 10.3. The molecule has 122 valence electrons. The Balaban J connectivity index is 0.00000208. The summed E-state index contributed by atoms with van der Waals surface area (Å²) in [6.45, 7) is 0. The topological polar surface area (TPSA) is 67.2 Å². The first-order valence-electron chi connectivity index (χ1n) is 7.09. The number of fused-ring (bicyclic) bond motifs is 1. The van der Waals surface area contributed by atoms with Crippen molar-refractivity contribution in [2.45, 2.75) is 0 Å². The summed E-state index contributed by atoms with van der Waals surface area (Å²) in [5, 5.41) is 21.5. The van der Waals surface area contributed by atoms with Crippen molar-refractivity contribution in [3.8, 4) is 5.75 Å². The minimum Gasteiger partial charge on any atom is -1.00 e. The molecule has 3 aromatic rings. The van der Waals surface area contributed by atoms with Crippen LogP contribution in [0, 0.1) is 10.1 Å². The zero-order valence-corrected chi connectivity index (χ0v) is 15.0. The predicted octanol–water partition coefficient (Wildman–Crippen LogP) is 0.452. The van der Waals surface area contributed by atoms with Crippen LogP contribution in [0.15, 0.2) is 54.6 Å². The van der Waals surface area contributed by atoms with Crippen molar-refractivity contribution in [2.75, 3.05) is 0 Å². The van der Waals surface area contributed by atoms with Gasteiger partial charge in [0.1, 0.15) is 7.05 Å². The Kier molecular flexibility index (Phi) is 5.50. The number of rotatable bonds is 3. The molecule has 0 aliphatic rings. The Labute approximate surface area is 156 Å². The lowest BCUT2D eigenvalue weighted by atomic mass is 10.1. The summed E-state index contributed by atoms with van der Waals surface area (Å²) in [6.07, 6.45) is 3.68. The number of para-hydroxylation sites is 1. The number of halogens is 1. The number of hydrogen-bond acceptors (Lipinski definition) is 3. The summed E-state index contributed by atoms with van der Waals surface area (Å²) < 4.78 is 2.06. The van der Waals surface area contributed by atoms with Crippen LogP contribution in [0.4, 0.5) is 5.69 Å². The minimum absolute atomic E-state index is 0. The van der Waals surface area contributed by atoms with Gasteiger partial charge in [-0.1, -0.05) is 18.2 Å². The Hall–Kier alpha value is -2.48. The third-order valence-electron chi connectivity index (χ3n) is 3.76. The van der Waals surface area contributed by atoms with Crippen molar-refractivity contribution < 1.29 is 38.6 Å². The first kappa shape index (κ1) is 17.9. The second-order valence-electron chi connectivity index (χ2n) is 5.21. The van der Waals surface area contributed by atoms with E-state index >= 15 is 0 Å². The van der Waals surface area contributed by atoms with Gasteiger partial charge in [-0.25, -0.2) is 0 Å². The van der Waals surface area contributed by atoms with Crippen molar-refractivity contribution in [2.24, 2.45) is 7.05 Å². The van der Waals surface area contributed by atoms with Crippen molar-refractivity contribution in [1.82, 2.24) is 0 Å². The molecule has 0 aliphatic heterocycles. The van der Waals surface area contributed by atoms with Gasteiger partial charge in [-0.15, -0.1) is 0 Å². The number of aryl methyl sites for hydroxylation is 1. The van der Waals surface area contributed by atoms with Crippen molar-refractivity contribution in [3.05, 3.63) is 76.0 Å². The largest absolute Gasteiger partial charge is 1.00 e. The van der Waals surface area contributed by atoms with Gasteiger partial charge >= 0.3 is 5.69 Å². The molecule has 0 saturated carbocycles. The lowest BCUT2D eigenvalue weighted by Crippen LogP contribution is -3.00. The number of phenolic OH excluding ortho intramolecular Hbond substituents is 1. The number of nitrogens with zero attached hydrogens (tertiary/aromatic N) is 2.